The molecule has 0 atom stereocenters. The molecule has 2 fully saturated rings. The van der Waals surface area contributed by atoms with Gasteiger partial charge in [-0.05, 0) is 43.0 Å². The lowest BCUT2D eigenvalue weighted by molar-refractivity contribution is -0.116. The van der Waals surface area contributed by atoms with Crippen molar-refractivity contribution < 1.29 is 18.0 Å². The second-order valence-electron chi connectivity index (χ2n) is 7.93. The Morgan fingerprint density at radius 3 is 2.21 bits per heavy atom. The van der Waals surface area contributed by atoms with Crippen molar-refractivity contribution in [2.45, 2.75) is 38.5 Å². The van der Waals surface area contributed by atoms with E-state index in [2.05, 4.69) is 5.32 Å². The molecule has 0 saturated carbocycles. The molecule has 8 nitrogen and oxygen atoms in total. The predicted molar refractivity (Wildman–Crippen MR) is 110 cm³/mol. The zero-order valence-electron chi connectivity index (χ0n) is 16.6. The number of benzene rings is 1. The number of nitrogens with zero attached hydrogens (tertiary/aromatic N) is 3. The number of piperazine rings is 1. The fraction of sp³-hybridized carbons (Fsp3) is 0.600. The summed E-state index contributed by atoms with van der Waals surface area (Å²) in [6, 6.07) is 5.35. The molecule has 29 heavy (non-hydrogen) atoms. The highest BCUT2D eigenvalue weighted by molar-refractivity contribution is 7.86. The highest BCUT2D eigenvalue weighted by Gasteiger charge is 2.34. The summed E-state index contributed by atoms with van der Waals surface area (Å²) in [4.78, 5) is 26.1. The summed E-state index contributed by atoms with van der Waals surface area (Å²) in [6.45, 7) is 2.61. The van der Waals surface area contributed by atoms with Gasteiger partial charge in [-0.15, -0.1) is 0 Å². The first-order valence-corrected chi connectivity index (χ1v) is 11.8. The summed E-state index contributed by atoms with van der Waals surface area (Å²) in [6.07, 6.45) is 5.05. The molecule has 3 heterocycles. The SMILES string of the molecule is O=C1CCc2cc(C(=O)N3CCN(S(=O)(=O)N4CCCCCC4)CC3)ccc2N1. The normalized spacial score (nSPS) is 21.9. The van der Waals surface area contributed by atoms with Crippen LogP contribution in [0.4, 0.5) is 5.69 Å². The van der Waals surface area contributed by atoms with Crippen molar-refractivity contribution >= 4 is 27.7 Å². The number of amides is 2. The standard InChI is InChI=1S/C20H28N4O4S/c25-19-8-6-16-15-17(5-7-18(16)21-19)20(26)22-11-13-24(14-12-22)29(27,28)23-9-3-1-2-4-10-23/h5,7,15H,1-4,6,8-14H2,(H,21,25). The summed E-state index contributed by atoms with van der Waals surface area (Å²) in [7, 11) is -3.45. The number of fused-ring (bicyclic) bond motifs is 1. The van der Waals surface area contributed by atoms with Crippen LogP contribution >= 0.6 is 0 Å². The number of rotatable bonds is 3. The Morgan fingerprint density at radius 1 is 0.862 bits per heavy atom. The number of hydrogen-bond acceptors (Lipinski definition) is 4. The third kappa shape index (κ3) is 4.31. The Kier molecular flexibility index (Phi) is 5.89. The Hall–Kier alpha value is -1.97. The van der Waals surface area contributed by atoms with Gasteiger partial charge in [0.25, 0.3) is 16.1 Å². The van der Waals surface area contributed by atoms with Crippen LogP contribution in [0.5, 0.6) is 0 Å². The molecule has 9 heteroatoms. The number of carbonyl (C=O) groups is 2. The minimum absolute atomic E-state index is 0.00156. The van der Waals surface area contributed by atoms with Crippen molar-refractivity contribution in [1.82, 2.24) is 13.5 Å². The van der Waals surface area contributed by atoms with Crippen LogP contribution in [0.1, 0.15) is 48.0 Å². The van der Waals surface area contributed by atoms with E-state index in [-0.39, 0.29) is 11.8 Å². The maximum absolute atomic E-state index is 12.9. The van der Waals surface area contributed by atoms with Crippen molar-refractivity contribution in [1.29, 1.82) is 0 Å². The van der Waals surface area contributed by atoms with E-state index in [1.807, 2.05) is 6.07 Å². The minimum atomic E-state index is -3.45. The molecule has 1 aromatic carbocycles. The molecule has 0 aromatic heterocycles. The van der Waals surface area contributed by atoms with Crippen molar-refractivity contribution in [2.75, 3.05) is 44.6 Å². The van der Waals surface area contributed by atoms with Gasteiger partial charge >= 0.3 is 0 Å². The molecular formula is C20H28N4O4S. The van der Waals surface area contributed by atoms with Gasteiger partial charge in [0.05, 0.1) is 0 Å². The molecule has 1 N–H and O–H groups in total. The quantitative estimate of drug-likeness (QED) is 0.801. The van der Waals surface area contributed by atoms with Crippen LogP contribution in [-0.2, 0) is 21.4 Å². The highest BCUT2D eigenvalue weighted by atomic mass is 32.2. The van der Waals surface area contributed by atoms with Crippen molar-refractivity contribution in [3.05, 3.63) is 29.3 Å². The van der Waals surface area contributed by atoms with Gasteiger partial charge in [-0.1, -0.05) is 12.8 Å². The molecule has 1 aromatic rings. The second-order valence-corrected chi connectivity index (χ2v) is 9.86. The number of hydrogen-bond donors (Lipinski definition) is 1. The molecule has 3 aliphatic rings. The molecule has 2 saturated heterocycles. The summed E-state index contributed by atoms with van der Waals surface area (Å²) in [5, 5.41) is 2.82. The van der Waals surface area contributed by atoms with Crippen LogP contribution in [0, 0.1) is 0 Å². The van der Waals surface area contributed by atoms with Crippen molar-refractivity contribution in [3.8, 4) is 0 Å². The maximum Gasteiger partial charge on any atom is 0.282 e. The first-order chi connectivity index (χ1) is 13.9. The largest absolute Gasteiger partial charge is 0.336 e. The summed E-state index contributed by atoms with van der Waals surface area (Å²) < 4.78 is 29.0. The fourth-order valence-corrected chi connectivity index (χ4v) is 5.93. The lowest BCUT2D eigenvalue weighted by Crippen LogP contribution is -2.54. The zero-order chi connectivity index (χ0) is 20.4. The minimum Gasteiger partial charge on any atom is -0.336 e. The number of anilines is 1. The Labute approximate surface area is 172 Å². The Bertz CT molecular complexity index is 886. The van der Waals surface area contributed by atoms with Crippen LogP contribution in [0.3, 0.4) is 0 Å². The molecule has 3 aliphatic heterocycles. The van der Waals surface area contributed by atoms with Gasteiger partial charge in [-0.3, -0.25) is 9.59 Å². The van der Waals surface area contributed by atoms with E-state index >= 15 is 0 Å². The first-order valence-electron chi connectivity index (χ1n) is 10.4. The lowest BCUT2D eigenvalue weighted by atomic mass is 10.00. The molecule has 0 aliphatic carbocycles. The lowest BCUT2D eigenvalue weighted by Gasteiger charge is -2.36. The third-order valence-electron chi connectivity index (χ3n) is 5.99. The van der Waals surface area contributed by atoms with E-state index in [1.54, 1.807) is 21.3 Å². The van der Waals surface area contributed by atoms with Gasteiger partial charge in [-0.25, -0.2) is 0 Å². The second kappa shape index (κ2) is 8.41. The van der Waals surface area contributed by atoms with E-state index in [0.29, 0.717) is 57.7 Å². The summed E-state index contributed by atoms with van der Waals surface area (Å²) in [5.41, 5.74) is 2.33. The van der Waals surface area contributed by atoms with Gasteiger partial charge in [0.2, 0.25) is 5.91 Å². The molecule has 158 valence electrons. The summed E-state index contributed by atoms with van der Waals surface area (Å²) >= 11 is 0. The zero-order valence-corrected chi connectivity index (χ0v) is 17.4. The van der Waals surface area contributed by atoms with Crippen LogP contribution in [0.2, 0.25) is 0 Å². The van der Waals surface area contributed by atoms with Gasteiger partial charge in [0.1, 0.15) is 0 Å². The average molecular weight is 421 g/mol. The first kappa shape index (κ1) is 20.3. The van der Waals surface area contributed by atoms with E-state index in [4.69, 9.17) is 0 Å². The van der Waals surface area contributed by atoms with Crippen molar-refractivity contribution in [2.24, 2.45) is 0 Å². The molecule has 0 bridgehead atoms. The van der Waals surface area contributed by atoms with Crippen LogP contribution < -0.4 is 5.32 Å². The number of carbonyl (C=O) groups excluding carboxylic acids is 2. The smallest absolute Gasteiger partial charge is 0.282 e. The van der Waals surface area contributed by atoms with E-state index in [0.717, 1.165) is 36.9 Å². The molecule has 0 unspecified atom stereocenters. The van der Waals surface area contributed by atoms with E-state index < -0.39 is 10.2 Å². The topological polar surface area (TPSA) is 90.0 Å². The molecular weight excluding hydrogens is 392 g/mol. The van der Waals surface area contributed by atoms with E-state index in [9.17, 15) is 18.0 Å². The van der Waals surface area contributed by atoms with Crippen molar-refractivity contribution in [3.63, 3.8) is 0 Å². The summed E-state index contributed by atoms with van der Waals surface area (Å²) in [5.74, 6) is -0.0881. The molecule has 0 spiro atoms. The van der Waals surface area contributed by atoms with Crippen LogP contribution in [-0.4, -0.2) is 73.0 Å². The predicted octanol–water partition coefficient (Wildman–Crippen LogP) is 1.45. The highest BCUT2D eigenvalue weighted by Crippen LogP contribution is 2.25. The van der Waals surface area contributed by atoms with Gasteiger partial charge in [-0.2, -0.15) is 17.0 Å². The van der Waals surface area contributed by atoms with Gasteiger partial charge < -0.3 is 10.2 Å². The fourth-order valence-electron chi connectivity index (χ4n) is 4.26. The monoisotopic (exact) mass is 420 g/mol. The molecule has 0 radical (unpaired) electrons. The maximum atomic E-state index is 12.9. The van der Waals surface area contributed by atoms with Gasteiger partial charge in [0, 0.05) is 56.9 Å². The number of aryl methyl sites for hydroxylation is 1. The Morgan fingerprint density at radius 2 is 1.52 bits per heavy atom. The molecule has 4 rings (SSSR count). The van der Waals surface area contributed by atoms with Crippen LogP contribution in [0.25, 0.3) is 0 Å². The average Bonchev–Trinajstić information content (AvgIpc) is 3.03. The van der Waals surface area contributed by atoms with Crippen LogP contribution in [0.15, 0.2) is 18.2 Å². The molecule has 2 amide bonds. The Balaban J connectivity index is 1.39. The third-order valence-corrected chi connectivity index (χ3v) is 8.03. The van der Waals surface area contributed by atoms with E-state index in [1.165, 1.54) is 4.31 Å². The number of nitrogens with one attached hydrogen (secondary N) is 1. The van der Waals surface area contributed by atoms with Gasteiger partial charge in [0.15, 0.2) is 0 Å².